The highest BCUT2D eigenvalue weighted by molar-refractivity contribution is 7.99. The summed E-state index contributed by atoms with van der Waals surface area (Å²) in [7, 11) is 0. The molecule has 0 saturated carbocycles. The van der Waals surface area contributed by atoms with E-state index in [0.717, 1.165) is 29.5 Å². The molecular weight excluding hydrogens is 408 g/mol. The molecule has 2 aromatic carbocycles. The quantitative estimate of drug-likeness (QED) is 0.540. The van der Waals surface area contributed by atoms with E-state index in [-0.39, 0.29) is 17.6 Å². The standard InChI is InChI=1S/C24H26N4O2S/c1-17(2)20-9-3-4-10-21(20)28-14-12-25-24(28)31-16-22(29)26-18-7-5-8-19(15-18)27-13-6-11-23(27)30/h3-5,7-10,12,14-15,17H,6,11,13,16H2,1-2H3,(H,26,29). The molecule has 1 aliphatic rings. The molecule has 0 spiro atoms. The SMILES string of the molecule is CC(C)c1ccccc1-n1ccnc1SCC(=O)Nc1cccc(N2CCCC2=O)c1. The van der Waals surface area contributed by atoms with Crippen molar-refractivity contribution in [3.05, 3.63) is 66.5 Å². The Labute approximate surface area is 186 Å². The molecule has 0 radical (unpaired) electrons. The van der Waals surface area contributed by atoms with Crippen LogP contribution in [0.2, 0.25) is 0 Å². The molecule has 4 rings (SSSR count). The molecule has 160 valence electrons. The lowest BCUT2D eigenvalue weighted by Crippen LogP contribution is -2.23. The van der Waals surface area contributed by atoms with Crippen LogP contribution in [0, 0.1) is 0 Å². The van der Waals surface area contributed by atoms with Crippen LogP contribution in [-0.2, 0) is 9.59 Å². The molecule has 7 heteroatoms. The summed E-state index contributed by atoms with van der Waals surface area (Å²) >= 11 is 1.40. The maximum atomic E-state index is 12.6. The highest BCUT2D eigenvalue weighted by Crippen LogP contribution is 2.28. The molecule has 3 aromatic rings. The molecule has 2 amide bonds. The summed E-state index contributed by atoms with van der Waals surface area (Å²) in [5.41, 5.74) is 3.84. The lowest BCUT2D eigenvalue weighted by molar-refractivity contribution is -0.117. The molecule has 0 bridgehead atoms. The number of hydrogen-bond donors (Lipinski definition) is 1. The van der Waals surface area contributed by atoms with E-state index in [1.165, 1.54) is 17.3 Å². The monoisotopic (exact) mass is 434 g/mol. The van der Waals surface area contributed by atoms with Crippen molar-refractivity contribution in [3.63, 3.8) is 0 Å². The van der Waals surface area contributed by atoms with Crippen LogP contribution in [-0.4, -0.2) is 33.7 Å². The molecular formula is C24H26N4O2S. The van der Waals surface area contributed by atoms with Crippen LogP contribution in [0.4, 0.5) is 11.4 Å². The highest BCUT2D eigenvalue weighted by atomic mass is 32.2. The van der Waals surface area contributed by atoms with Gasteiger partial charge in [0, 0.05) is 36.7 Å². The fourth-order valence-corrected chi connectivity index (χ4v) is 4.54. The van der Waals surface area contributed by atoms with Gasteiger partial charge in [0.1, 0.15) is 0 Å². The normalized spacial score (nSPS) is 13.8. The number of aromatic nitrogens is 2. The predicted molar refractivity (Wildman–Crippen MR) is 125 cm³/mol. The second-order valence-corrected chi connectivity index (χ2v) is 8.77. The minimum Gasteiger partial charge on any atom is -0.325 e. The molecule has 31 heavy (non-hydrogen) atoms. The number of para-hydroxylation sites is 1. The third kappa shape index (κ3) is 4.82. The number of anilines is 2. The Balaban J connectivity index is 1.42. The van der Waals surface area contributed by atoms with Crippen molar-refractivity contribution in [1.29, 1.82) is 0 Å². The molecule has 0 aliphatic carbocycles. The summed E-state index contributed by atoms with van der Waals surface area (Å²) in [6.45, 7) is 5.06. The number of carbonyl (C=O) groups is 2. The summed E-state index contributed by atoms with van der Waals surface area (Å²) < 4.78 is 2.03. The zero-order valence-electron chi connectivity index (χ0n) is 17.7. The van der Waals surface area contributed by atoms with Gasteiger partial charge >= 0.3 is 0 Å². The van der Waals surface area contributed by atoms with Gasteiger partial charge in [-0.1, -0.05) is 49.9 Å². The van der Waals surface area contributed by atoms with Gasteiger partial charge < -0.3 is 10.2 Å². The van der Waals surface area contributed by atoms with E-state index >= 15 is 0 Å². The van der Waals surface area contributed by atoms with Crippen LogP contribution >= 0.6 is 11.8 Å². The first kappa shape index (κ1) is 21.2. The van der Waals surface area contributed by atoms with E-state index in [2.05, 4.69) is 36.3 Å². The Kier molecular flexibility index (Phi) is 6.42. The summed E-state index contributed by atoms with van der Waals surface area (Å²) in [4.78, 5) is 30.8. The van der Waals surface area contributed by atoms with Crippen LogP contribution in [0.15, 0.2) is 66.1 Å². The fraction of sp³-hybridized carbons (Fsp3) is 0.292. The molecule has 0 unspecified atom stereocenters. The summed E-state index contributed by atoms with van der Waals surface area (Å²) in [5.74, 6) is 0.650. The van der Waals surface area contributed by atoms with Crippen molar-refractivity contribution >= 4 is 35.0 Å². The Morgan fingerprint density at radius 1 is 1.19 bits per heavy atom. The minimum absolute atomic E-state index is 0.110. The zero-order chi connectivity index (χ0) is 21.8. The first-order valence-electron chi connectivity index (χ1n) is 10.5. The molecule has 0 atom stereocenters. The second kappa shape index (κ2) is 9.39. The number of rotatable bonds is 7. The number of carbonyl (C=O) groups excluding carboxylic acids is 2. The highest BCUT2D eigenvalue weighted by Gasteiger charge is 2.22. The molecule has 1 aromatic heterocycles. The van der Waals surface area contributed by atoms with Crippen LogP contribution in [0.1, 0.15) is 38.2 Å². The van der Waals surface area contributed by atoms with Crippen molar-refractivity contribution in [2.75, 3.05) is 22.5 Å². The topological polar surface area (TPSA) is 67.2 Å². The van der Waals surface area contributed by atoms with Crippen LogP contribution in [0.3, 0.4) is 0 Å². The molecule has 1 fully saturated rings. The minimum atomic E-state index is -0.110. The number of hydrogen-bond acceptors (Lipinski definition) is 4. The van der Waals surface area contributed by atoms with Gasteiger partial charge in [-0.3, -0.25) is 14.2 Å². The van der Waals surface area contributed by atoms with Crippen molar-refractivity contribution in [2.24, 2.45) is 0 Å². The van der Waals surface area contributed by atoms with E-state index in [9.17, 15) is 9.59 Å². The number of thioether (sulfide) groups is 1. The van der Waals surface area contributed by atoms with Gasteiger partial charge in [-0.25, -0.2) is 4.98 Å². The average molecular weight is 435 g/mol. The van der Waals surface area contributed by atoms with E-state index in [4.69, 9.17) is 0 Å². The number of nitrogens with zero attached hydrogens (tertiary/aromatic N) is 3. The van der Waals surface area contributed by atoms with Crippen LogP contribution < -0.4 is 10.2 Å². The summed E-state index contributed by atoms with van der Waals surface area (Å²) in [5, 5.41) is 3.71. The van der Waals surface area contributed by atoms with Gasteiger partial charge in [0.25, 0.3) is 0 Å². The lowest BCUT2D eigenvalue weighted by Gasteiger charge is -2.17. The Hall–Kier alpha value is -3.06. The van der Waals surface area contributed by atoms with Gasteiger partial charge in [0.2, 0.25) is 11.8 Å². The van der Waals surface area contributed by atoms with Crippen LogP contribution in [0.5, 0.6) is 0 Å². The van der Waals surface area contributed by atoms with Gasteiger partial charge in [-0.15, -0.1) is 0 Å². The molecule has 1 aliphatic heterocycles. The first-order chi connectivity index (χ1) is 15.0. The van der Waals surface area contributed by atoms with E-state index in [1.54, 1.807) is 11.1 Å². The van der Waals surface area contributed by atoms with E-state index in [1.807, 2.05) is 47.2 Å². The van der Waals surface area contributed by atoms with Crippen molar-refractivity contribution < 1.29 is 9.59 Å². The molecule has 6 nitrogen and oxygen atoms in total. The van der Waals surface area contributed by atoms with Crippen molar-refractivity contribution in [1.82, 2.24) is 9.55 Å². The number of nitrogens with one attached hydrogen (secondary N) is 1. The molecule has 2 heterocycles. The Bertz CT molecular complexity index is 1090. The van der Waals surface area contributed by atoms with Crippen molar-refractivity contribution in [2.45, 2.75) is 37.8 Å². The zero-order valence-corrected chi connectivity index (χ0v) is 18.6. The Morgan fingerprint density at radius 2 is 2.03 bits per heavy atom. The summed E-state index contributed by atoms with van der Waals surface area (Å²) in [6.07, 6.45) is 5.14. The molecule has 1 saturated heterocycles. The van der Waals surface area contributed by atoms with Gasteiger partial charge in [-0.2, -0.15) is 0 Å². The van der Waals surface area contributed by atoms with Gasteiger partial charge in [-0.05, 0) is 42.2 Å². The Morgan fingerprint density at radius 3 is 2.81 bits per heavy atom. The third-order valence-electron chi connectivity index (χ3n) is 5.27. The predicted octanol–water partition coefficient (Wildman–Crippen LogP) is 4.85. The number of amides is 2. The number of benzene rings is 2. The van der Waals surface area contributed by atoms with Gasteiger partial charge in [0.15, 0.2) is 5.16 Å². The first-order valence-corrected chi connectivity index (χ1v) is 11.5. The third-order valence-corrected chi connectivity index (χ3v) is 6.24. The number of imidazole rings is 1. The largest absolute Gasteiger partial charge is 0.325 e. The smallest absolute Gasteiger partial charge is 0.234 e. The van der Waals surface area contributed by atoms with E-state index < -0.39 is 0 Å². The van der Waals surface area contributed by atoms with Gasteiger partial charge in [0.05, 0.1) is 11.4 Å². The maximum Gasteiger partial charge on any atom is 0.234 e. The summed E-state index contributed by atoms with van der Waals surface area (Å²) in [6, 6.07) is 15.7. The average Bonchev–Trinajstić information content (AvgIpc) is 3.41. The lowest BCUT2D eigenvalue weighted by atomic mass is 10.0. The second-order valence-electron chi connectivity index (χ2n) is 7.83. The fourth-order valence-electron chi connectivity index (χ4n) is 3.77. The van der Waals surface area contributed by atoms with Crippen LogP contribution in [0.25, 0.3) is 5.69 Å². The van der Waals surface area contributed by atoms with Crippen molar-refractivity contribution in [3.8, 4) is 5.69 Å². The van der Waals surface area contributed by atoms with E-state index in [0.29, 0.717) is 18.0 Å². The molecule has 1 N–H and O–H groups in total. The maximum absolute atomic E-state index is 12.6.